The number of hydrogen-bond donors (Lipinski definition) is 1. The number of halogens is 2. The van der Waals surface area contributed by atoms with E-state index < -0.39 is 11.6 Å². The zero-order valence-electron chi connectivity index (χ0n) is 9.55. The molecule has 1 aromatic heterocycles. The Morgan fingerprint density at radius 2 is 2.06 bits per heavy atom. The van der Waals surface area contributed by atoms with E-state index in [0.717, 1.165) is 6.07 Å². The summed E-state index contributed by atoms with van der Waals surface area (Å²) in [6, 6.07) is 2.28. The quantitative estimate of drug-likeness (QED) is 0.893. The second-order valence-corrected chi connectivity index (χ2v) is 3.74. The molecule has 0 aliphatic heterocycles. The van der Waals surface area contributed by atoms with Crippen LogP contribution in [0.15, 0.2) is 22.9 Å². The minimum atomic E-state index is -0.651. The maximum Gasteiger partial charge on any atom is 0.181 e. The second kappa shape index (κ2) is 4.63. The third kappa shape index (κ3) is 2.19. The molecule has 0 aliphatic rings. The van der Waals surface area contributed by atoms with Gasteiger partial charge in [0.25, 0.3) is 0 Å². The lowest BCUT2D eigenvalue weighted by atomic mass is 10.1. The van der Waals surface area contributed by atoms with E-state index in [9.17, 15) is 8.78 Å². The number of aromatic nitrogens is 1. The third-order valence-electron chi connectivity index (χ3n) is 2.48. The standard InChI is InChI=1S/C12H12F2N2O/c1-7-3-8(10(14)4-9(7)13)12-11(5-15-2)16-6-17-12/h3-4,6,15H,5H2,1-2H3. The van der Waals surface area contributed by atoms with Gasteiger partial charge in [-0.3, -0.25) is 0 Å². The first-order chi connectivity index (χ1) is 8.13. The molecule has 0 atom stereocenters. The molecule has 0 saturated heterocycles. The summed E-state index contributed by atoms with van der Waals surface area (Å²) in [5.74, 6) is -0.886. The maximum absolute atomic E-state index is 13.7. The van der Waals surface area contributed by atoms with Crippen LogP contribution in [0.25, 0.3) is 11.3 Å². The molecule has 2 rings (SSSR count). The number of aryl methyl sites for hydroxylation is 1. The van der Waals surface area contributed by atoms with Crippen LogP contribution in [-0.2, 0) is 6.54 Å². The molecule has 0 bridgehead atoms. The fraction of sp³-hybridized carbons (Fsp3) is 0.250. The summed E-state index contributed by atoms with van der Waals surface area (Å²) in [7, 11) is 1.75. The van der Waals surface area contributed by atoms with E-state index in [4.69, 9.17) is 4.42 Å². The lowest BCUT2D eigenvalue weighted by Crippen LogP contribution is -2.06. The van der Waals surface area contributed by atoms with Gasteiger partial charge >= 0.3 is 0 Å². The number of oxazole rings is 1. The van der Waals surface area contributed by atoms with Crippen molar-refractivity contribution in [3.63, 3.8) is 0 Å². The number of rotatable bonds is 3. The van der Waals surface area contributed by atoms with Crippen molar-refractivity contribution in [3.8, 4) is 11.3 Å². The molecular formula is C12H12F2N2O. The average Bonchev–Trinajstić information content (AvgIpc) is 2.72. The molecule has 0 radical (unpaired) electrons. The molecule has 0 spiro atoms. The Morgan fingerprint density at radius 3 is 2.76 bits per heavy atom. The van der Waals surface area contributed by atoms with Gasteiger partial charge < -0.3 is 9.73 Å². The van der Waals surface area contributed by atoms with E-state index in [1.807, 2.05) is 0 Å². The minimum Gasteiger partial charge on any atom is -0.443 e. The molecule has 1 N–H and O–H groups in total. The lowest BCUT2D eigenvalue weighted by molar-refractivity contribution is 0.551. The zero-order valence-corrected chi connectivity index (χ0v) is 9.55. The molecular weight excluding hydrogens is 226 g/mol. The van der Waals surface area contributed by atoms with Gasteiger partial charge in [0.05, 0.1) is 5.56 Å². The Bertz CT molecular complexity index is 537. The lowest BCUT2D eigenvalue weighted by Gasteiger charge is -2.04. The van der Waals surface area contributed by atoms with Gasteiger partial charge in [-0.25, -0.2) is 13.8 Å². The second-order valence-electron chi connectivity index (χ2n) is 3.74. The van der Waals surface area contributed by atoms with Crippen LogP contribution in [0.5, 0.6) is 0 Å². The maximum atomic E-state index is 13.7. The van der Waals surface area contributed by atoms with E-state index in [-0.39, 0.29) is 5.56 Å². The van der Waals surface area contributed by atoms with Gasteiger partial charge in [0, 0.05) is 12.6 Å². The van der Waals surface area contributed by atoms with Crippen LogP contribution in [0.1, 0.15) is 11.3 Å². The summed E-state index contributed by atoms with van der Waals surface area (Å²) in [4.78, 5) is 3.99. The normalized spacial score (nSPS) is 10.8. The molecule has 90 valence electrons. The van der Waals surface area contributed by atoms with Crippen molar-refractivity contribution in [2.24, 2.45) is 0 Å². The Kier molecular flexibility index (Phi) is 3.19. The number of benzene rings is 1. The summed E-state index contributed by atoms with van der Waals surface area (Å²) in [5, 5.41) is 2.91. The fourth-order valence-corrected chi connectivity index (χ4v) is 1.61. The third-order valence-corrected chi connectivity index (χ3v) is 2.48. The SMILES string of the molecule is CNCc1ncoc1-c1cc(C)c(F)cc1F. The van der Waals surface area contributed by atoms with Crippen molar-refractivity contribution < 1.29 is 13.2 Å². The molecule has 2 aromatic rings. The van der Waals surface area contributed by atoms with E-state index in [2.05, 4.69) is 10.3 Å². The Morgan fingerprint density at radius 1 is 1.29 bits per heavy atom. The molecule has 5 heteroatoms. The molecule has 1 heterocycles. The highest BCUT2D eigenvalue weighted by molar-refractivity contribution is 5.61. The highest BCUT2D eigenvalue weighted by atomic mass is 19.1. The molecule has 1 aromatic carbocycles. The van der Waals surface area contributed by atoms with Crippen LogP contribution in [-0.4, -0.2) is 12.0 Å². The first-order valence-electron chi connectivity index (χ1n) is 5.16. The van der Waals surface area contributed by atoms with Gasteiger partial charge in [0.1, 0.15) is 17.3 Å². The fourth-order valence-electron chi connectivity index (χ4n) is 1.61. The Hall–Kier alpha value is -1.75. The molecule has 17 heavy (non-hydrogen) atoms. The van der Waals surface area contributed by atoms with Crippen LogP contribution in [0.2, 0.25) is 0 Å². The van der Waals surface area contributed by atoms with Crippen LogP contribution in [0, 0.1) is 18.6 Å². The van der Waals surface area contributed by atoms with E-state index in [1.54, 1.807) is 14.0 Å². The van der Waals surface area contributed by atoms with Crippen molar-refractivity contribution in [1.82, 2.24) is 10.3 Å². The monoisotopic (exact) mass is 238 g/mol. The topological polar surface area (TPSA) is 38.1 Å². The Labute approximate surface area is 97.5 Å². The molecule has 0 unspecified atom stereocenters. The van der Waals surface area contributed by atoms with Crippen molar-refractivity contribution in [3.05, 3.63) is 41.4 Å². The summed E-state index contributed by atoms with van der Waals surface area (Å²) in [6.45, 7) is 2.04. The van der Waals surface area contributed by atoms with Crippen LogP contribution >= 0.6 is 0 Å². The highest BCUT2D eigenvalue weighted by Crippen LogP contribution is 2.28. The van der Waals surface area contributed by atoms with Crippen molar-refractivity contribution in [1.29, 1.82) is 0 Å². The summed E-state index contributed by atoms with van der Waals surface area (Å²) >= 11 is 0. The number of hydrogen-bond acceptors (Lipinski definition) is 3. The number of nitrogens with one attached hydrogen (secondary N) is 1. The van der Waals surface area contributed by atoms with Gasteiger partial charge in [0.15, 0.2) is 12.2 Å². The largest absolute Gasteiger partial charge is 0.443 e. The molecule has 0 saturated carbocycles. The van der Waals surface area contributed by atoms with Crippen molar-refractivity contribution >= 4 is 0 Å². The smallest absolute Gasteiger partial charge is 0.181 e. The minimum absolute atomic E-state index is 0.228. The summed E-state index contributed by atoms with van der Waals surface area (Å²) < 4.78 is 32.0. The molecule has 3 nitrogen and oxygen atoms in total. The van der Waals surface area contributed by atoms with Gasteiger partial charge in [-0.05, 0) is 25.6 Å². The predicted molar refractivity (Wildman–Crippen MR) is 59.4 cm³/mol. The van der Waals surface area contributed by atoms with Crippen molar-refractivity contribution in [2.75, 3.05) is 7.05 Å². The number of nitrogens with zero attached hydrogens (tertiary/aromatic N) is 1. The highest BCUT2D eigenvalue weighted by Gasteiger charge is 2.16. The van der Waals surface area contributed by atoms with Gasteiger partial charge in [-0.15, -0.1) is 0 Å². The van der Waals surface area contributed by atoms with E-state index >= 15 is 0 Å². The van der Waals surface area contributed by atoms with Gasteiger partial charge in [-0.2, -0.15) is 0 Å². The van der Waals surface area contributed by atoms with Crippen LogP contribution in [0.4, 0.5) is 8.78 Å². The first kappa shape index (κ1) is 11.7. The molecule has 0 fully saturated rings. The molecule has 0 aliphatic carbocycles. The van der Waals surface area contributed by atoms with Crippen LogP contribution < -0.4 is 5.32 Å². The predicted octanol–water partition coefficient (Wildman–Crippen LogP) is 2.65. The van der Waals surface area contributed by atoms with E-state index in [1.165, 1.54) is 12.5 Å². The molecule has 0 amide bonds. The summed E-state index contributed by atoms with van der Waals surface area (Å²) in [6.07, 6.45) is 1.25. The average molecular weight is 238 g/mol. The van der Waals surface area contributed by atoms with Crippen LogP contribution in [0.3, 0.4) is 0 Å². The van der Waals surface area contributed by atoms with Gasteiger partial charge in [-0.1, -0.05) is 0 Å². The first-order valence-corrected chi connectivity index (χ1v) is 5.16. The van der Waals surface area contributed by atoms with E-state index in [0.29, 0.717) is 23.6 Å². The Balaban J connectivity index is 2.52. The van der Waals surface area contributed by atoms with Crippen molar-refractivity contribution in [2.45, 2.75) is 13.5 Å². The van der Waals surface area contributed by atoms with Gasteiger partial charge in [0.2, 0.25) is 0 Å². The summed E-state index contributed by atoms with van der Waals surface area (Å²) in [5.41, 5.74) is 1.19. The zero-order chi connectivity index (χ0) is 12.4.